The number of halogens is 1. The summed E-state index contributed by atoms with van der Waals surface area (Å²) in [6.07, 6.45) is 3.28. The van der Waals surface area contributed by atoms with E-state index in [-0.39, 0.29) is 34.4 Å². The Morgan fingerprint density at radius 3 is 3.00 bits per heavy atom. The highest BCUT2D eigenvalue weighted by Gasteiger charge is 2.23. The smallest absolute Gasteiger partial charge is 0.277 e. The maximum Gasteiger partial charge on any atom is 0.277 e. The summed E-state index contributed by atoms with van der Waals surface area (Å²) in [4.78, 5) is 14.2. The molecule has 7 heteroatoms. The monoisotopic (exact) mass is 335 g/mol. The van der Waals surface area contributed by atoms with Crippen molar-refractivity contribution >= 4 is 17.7 Å². The summed E-state index contributed by atoms with van der Waals surface area (Å²) in [5.74, 6) is 0.0478. The minimum atomic E-state index is -0.411. The average Bonchev–Trinajstić information content (AvgIpc) is 3.02. The van der Waals surface area contributed by atoms with E-state index >= 15 is 0 Å². The van der Waals surface area contributed by atoms with Crippen molar-refractivity contribution < 1.29 is 13.6 Å². The first-order valence-electron chi connectivity index (χ1n) is 7.66. The van der Waals surface area contributed by atoms with E-state index < -0.39 is 5.82 Å². The fourth-order valence-electron chi connectivity index (χ4n) is 2.69. The molecule has 0 spiro atoms. The van der Waals surface area contributed by atoms with Crippen molar-refractivity contribution in [1.29, 1.82) is 0 Å². The summed E-state index contributed by atoms with van der Waals surface area (Å²) in [6, 6.07) is 6.51. The van der Waals surface area contributed by atoms with Gasteiger partial charge in [0, 0.05) is 12.6 Å². The number of likely N-dealkylation sites (tertiary alicyclic amines) is 1. The van der Waals surface area contributed by atoms with Crippen molar-refractivity contribution in [3.63, 3.8) is 0 Å². The van der Waals surface area contributed by atoms with Crippen molar-refractivity contribution in [2.24, 2.45) is 0 Å². The van der Waals surface area contributed by atoms with Crippen molar-refractivity contribution in [1.82, 2.24) is 15.1 Å². The van der Waals surface area contributed by atoms with E-state index in [1.807, 2.05) is 4.90 Å². The number of rotatable bonds is 4. The van der Waals surface area contributed by atoms with Crippen LogP contribution in [0.15, 0.2) is 33.9 Å². The second-order valence-electron chi connectivity index (χ2n) is 5.57. The molecule has 5 nitrogen and oxygen atoms in total. The van der Waals surface area contributed by atoms with E-state index in [1.165, 1.54) is 24.2 Å². The van der Waals surface area contributed by atoms with Gasteiger partial charge >= 0.3 is 0 Å². The molecule has 1 aromatic heterocycles. The Balaban J connectivity index is 1.61. The summed E-state index contributed by atoms with van der Waals surface area (Å²) in [6.45, 7) is 2.88. The number of hydrogen-bond donors (Lipinski definition) is 0. The maximum absolute atomic E-state index is 13.7. The average molecular weight is 335 g/mol. The summed E-state index contributed by atoms with van der Waals surface area (Å²) in [5.41, 5.74) is 0.267. The highest BCUT2D eigenvalue weighted by Crippen LogP contribution is 2.26. The van der Waals surface area contributed by atoms with Gasteiger partial charge in [0.1, 0.15) is 5.82 Å². The molecule has 0 unspecified atom stereocenters. The van der Waals surface area contributed by atoms with Gasteiger partial charge in [0.05, 0.1) is 11.3 Å². The van der Waals surface area contributed by atoms with Crippen LogP contribution < -0.4 is 0 Å². The van der Waals surface area contributed by atoms with Gasteiger partial charge in [0.15, 0.2) is 0 Å². The number of benzene rings is 1. The van der Waals surface area contributed by atoms with Crippen LogP contribution in [0, 0.1) is 5.82 Å². The van der Waals surface area contributed by atoms with E-state index in [4.69, 9.17) is 4.42 Å². The van der Waals surface area contributed by atoms with Crippen molar-refractivity contribution in [2.45, 2.75) is 37.5 Å². The SMILES string of the molecule is C[C@H]1CCCCN1C(=O)CSc1nnc(-c2ccccc2F)o1. The molecule has 1 fully saturated rings. The van der Waals surface area contributed by atoms with E-state index in [0.717, 1.165) is 19.4 Å². The number of nitrogens with zero attached hydrogens (tertiary/aromatic N) is 3. The van der Waals surface area contributed by atoms with Gasteiger partial charge in [-0.15, -0.1) is 10.2 Å². The molecular weight excluding hydrogens is 317 g/mol. The Hall–Kier alpha value is -1.89. The molecule has 23 heavy (non-hydrogen) atoms. The largest absolute Gasteiger partial charge is 0.411 e. The van der Waals surface area contributed by atoms with Crippen LogP contribution in [-0.2, 0) is 4.79 Å². The van der Waals surface area contributed by atoms with Gasteiger partial charge in [0.2, 0.25) is 5.91 Å². The lowest BCUT2D eigenvalue weighted by molar-refractivity contribution is -0.131. The Labute approximate surface area is 138 Å². The van der Waals surface area contributed by atoms with Crippen LogP contribution in [0.1, 0.15) is 26.2 Å². The standard InChI is InChI=1S/C16H18FN3O2S/c1-11-6-4-5-9-20(11)14(21)10-23-16-19-18-15(22-16)12-7-2-3-8-13(12)17/h2-3,7-8,11H,4-6,9-10H2,1H3/t11-/m0/s1. The number of carbonyl (C=O) groups is 1. The molecule has 0 bridgehead atoms. The number of thioether (sulfide) groups is 1. The number of amides is 1. The van der Waals surface area contributed by atoms with Crippen LogP contribution >= 0.6 is 11.8 Å². The minimum Gasteiger partial charge on any atom is -0.411 e. The van der Waals surface area contributed by atoms with Crippen LogP contribution in [0.5, 0.6) is 0 Å². The molecule has 1 atom stereocenters. The zero-order chi connectivity index (χ0) is 16.2. The molecule has 122 valence electrons. The first kappa shape index (κ1) is 16.0. The van der Waals surface area contributed by atoms with Crippen LogP contribution in [-0.4, -0.2) is 39.3 Å². The van der Waals surface area contributed by atoms with Gasteiger partial charge in [-0.3, -0.25) is 4.79 Å². The predicted octanol–water partition coefficient (Wildman–Crippen LogP) is 3.37. The fourth-order valence-corrected chi connectivity index (χ4v) is 3.34. The second kappa shape index (κ2) is 7.12. The molecule has 2 heterocycles. The molecule has 2 aromatic rings. The third-order valence-electron chi connectivity index (χ3n) is 3.95. The highest BCUT2D eigenvalue weighted by molar-refractivity contribution is 7.99. The lowest BCUT2D eigenvalue weighted by Gasteiger charge is -2.33. The third-order valence-corrected chi connectivity index (χ3v) is 4.76. The van der Waals surface area contributed by atoms with Crippen LogP contribution in [0.4, 0.5) is 4.39 Å². The van der Waals surface area contributed by atoms with Crippen molar-refractivity contribution in [3.8, 4) is 11.5 Å². The molecule has 1 amide bonds. The maximum atomic E-state index is 13.7. The summed E-state index contributed by atoms with van der Waals surface area (Å²) < 4.78 is 19.1. The van der Waals surface area contributed by atoms with E-state index in [1.54, 1.807) is 18.2 Å². The first-order chi connectivity index (χ1) is 11.1. The van der Waals surface area contributed by atoms with Gasteiger partial charge in [0.25, 0.3) is 11.1 Å². The third kappa shape index (κ3) is 3.72. The van der Waals surface area contributed by atoms with E-state index in [9.17, 15) is 9.18 Å². The van der Waals surface area contributed by atoms with Gasteiger partial charge in [-0.1, -0.05) is 23.9 Å². The minimum absolute atomic E-state index is 0.0767. The Kier molecular flexibility index (Phi) is 4.95. The molecule has 0 aliphatic carbocycles. The lowest BCUT2D eigenvalue weighted by Crippen LogP contribution is -2.42. The molecule has 1 aromatic carbocycles. The second-order valence-corrected chi connectivity index (χ2v) is 6.50. The molecule has 0 saturated carbocycles. The molecule has 0 N–H and O–H groups in total. The zero-order valence-corrected chi connectivity index (χ0v) is 13.7. The van der Waals surface area contributed by atoms with E-state index in [0.29, 0.717) is 0 Å². The van der Waals surface area contributed by atoms with Crippen molar-refractivity contribution in [2.75, 3.05) is 12.3 Å². The zero-order valence-electron chi connectivity index (χ0n) is 12.9. The van der Waals surface area contributed by atoms with Gasteiger partial charge in [-0.2, -0.15) is 0 Å². The van der Waals surface area contributed by atoms with Gasteiger partial charge < -0.3 is 9.32 Å². The predicted molar refractivity (Wildman–Crippen MR) is 85.4 cm³/mol. The Morgan fingerprint density at radius 2 is 2.22 bits per heavy atom. The Morgan fingerprint density at radius 1 is 1.39 bits per heavy atom. The van der Waals surface area contributed by atoms with Crippen molar-refractivity contribution in [3.05, 3.63) is 30.1 Å². The van der Waals surface area contributed by atoms with E-state index in [2.05, 4.69) is 17.1 Å². The fraction of sp³-hybridized carbons (Fsp3) is 0.438. The number of hydrogen-bond acceptors (Lipinski definition) is 5. The molecule has 1 aliphatic heterocycles. The van der Waals surface area contributed by atoms with Crippen LogP contribution in [0.25, 0.3) is 11.5 Å². The first-order valence-corrected chi connectivity index (χ1v) is 8.64. The molecule has 1 saturated heterocycles. The quantitative estimate of drug-likeness (QED) is 0.802. The summed E-state index contributed by atoms with van der Waals surface area (Å²) >= 11 is 1.19. The molecule has 3 rings (SSSR count). The summed E-state index contributed by atoms with van der Waals surface area (Å²) in [7, 11) is 0. The van der Waals surface area contributed by atoms with Crippen LogP contribution in [0.2, 0.25) is 0 Å². The number of aromatic nitrogens is 2. The highest BCUT2D eigenvalue weighted by atomic mass is 32.2. The Bertz CT molecular complexity index is 691. The number of piperidine rings is 1. The number of carbonyl (C=O) groups excluding carboxylic acids is 1. The lowest BCUT2D eigenvalue weighted by atomic mass is 10.0. The van der Waals surface area contributed by atoms with Gasteiger partial charge in [-0.25, -0.2) is 4.39 Å². The van der Waals surface area contributed by atoms with Crippen LogP contribution in [0.3, 0.4) is 0 Å². The molecular formula is C16H18FN3O2S. The molecule has 0 radical (unpaired) electrons. The normalized spacial score (nSPS) is 18.2. The topological polar surface area (TPSA) is 59.2 Å². The summed E-state index contributed by atoms with van der Waals surface area (Å²) in [5, 5.41) is 8.01. The molecule has 1 aliphatic rings. The van der Waals surface area contributed by atoms with Gasteiger partial charge in [-0.05, 0) is 38.3 Å².